The largest absolute Gasteiger partial charge is 0.493 e. The smallest absolute Gasteiger partial charge is 0.363 e. The predicted octanol–water partition coefficient (Wildman–Crippen LogP) is 6.69. The topological polar surface area (TPSA) is 57.1 Å². The fourth-order valence-electron chi connectivity index (χ4n) is 3.01. The highest BCUT2D eigenvalue weighted by atomic mass is 79.9. The molecule has 0 fully saturated rings. The molecule has 0 aliphatic carbocycles. The summed E-state index contributed by atoms with van der Waals surface area (Å²) in [4.78, 5) is 16.6. The third-order valence-electron chi connectivity index (χ3n) is 4.54. The Labute approximate surface area is 203 Å². The molecule has 0 saturated heterocycles. The number of nitrogens with zero attached hydrogens (tertiary/aromatic N) is 1. The number of esters is 1. The molecule has 1 heterocycles. The van der Waals surface area contributed by atoms with Gasteiger partial charge in [0.15, 0.2) is 17.2 Å². The van der Waals surface area contributed by atoms with Crippen LogP contribution >= 0.6 is 39.1 Å². The number of aliphatic imine (C=N–C) groups is 1. The van der Waals surface area contributed by atoms with E-state index < -0.39 is 5.97 Å². The Morgan fingerprint density at radius 3 is 2.56 bits per heavy atom. The molecule has 8 heteroatoms. The summed E-state index contributed by atoms with van der Waals surface area (Å²) in [5, 5.41) is 1.19. The van der Waals surface area contributed by atoms with Crippen molar-refractivity contribution < 1.29 is 19.0 Å². The van der Waals surface area contributed by atoms with Crippen LogP contribution in [0, 0.1) is 0 Å². The Morgan fingerprint density at radius 1 is 1.06 bits per heavy atom. The van der Waals surface area contributed by atoms with Crippen molar-refractivity contribution in [3.63, 3.8) is 0 Å². The number of hydrogen-bond acceptors (Lipinski definition) is 5. The predicted molar refractivity (Wildman–Crippen MR) is 129 cm³/mol. The van der Waals surface area contributed by atoms with Crippen molar-refractivity contribution in [2.45, 2.75) is 6.61 Å². The molecule has 5 nitrogen and oxygen atoms in total. The van der Waals surface area contributed by atoms with Crippen molar-refractivity contribution in [3.8, 4) is 11.5 Å². The number of cyclic esters (lactones) is 1. The van der Waals surface area contributed by atoms with Crippen molar-refractivity contribution in [3.05, 3.63) is 97.6 Å². The SMILES string of the molecule is COc1cc(C=C2N=C(c3cccc(Cl)c3)OC2=O)cc(Br)c1OCc1ccc(Cl)cc1. The van der Waals surface area contributed by atoms with E-state index in [2.05, 4.69) is 20.9 Å². The molecule has 0 atom stereocenters. The zero-order valence-corrected chi connectivity index (χ0v) is 19.9. The monoisotopic (exact) mass is 531 g/mol. The second kappa shape index (κ2) is 9.77. The van der Waals surface area contributed by atoms with Gasteiger partial charge in [-0.15, -0.1) is 0 Å². The first kappa shape index (κ1) is 22.4. The number of carbonyl (C=O) groups is 1. The minimum absolute atomic E-state index is 0.170. The molecule has 0 unspecified atom stereocenters. The Morgan fingerprint density at radius 2 is 1.84 bits per heavy atom. The van der Waals surface area contributed by atoms with E-state index in [1.165, 1.54) is 0 Å². The maximum atomic E-state index is 12.3. The molecule has 0 saturated carbocycles. The van der Waals surface area contributed by atoms with E-state index in [-0.39, 0.29) is 11.6 Å². The molecule has 0 amide bonds. The second-order valence-electron chi connectivity index (χ2n) is 6.80. The van der Waals surface area contributed by atoms with E-state index in [1.807, 2.05) is 18.2 Å². The molecule has 0 spiro atoms. The van der Waals surface area contributed by atoms with E-state index in [9.17, 15) is 4.79 Å². The normalized spacial score (nSPS) is 14.3. The summed E-state index contributed by atoms with van der Waals surface area (Å²) in [6.07, 6.45) is 1.62. The van der Waals surface area contributed by atoms with Gasteiger partial charge in [-0.3, -0.25) is 0 Å². The Hall–Kier alpha value is -2.80. The van der Waals surface area contributed by atoms with Crippen molar-refractivity contribution in [2.75, 3.05) is 7.11 Å². The van der Waals surface area contributed by atoms with Gasteiger partial charge >= 0.3 is 5.97 Å². The highest BCUT2D eigenvalue weighted by Crippen LogP contribution is 2.38. The number of hydrogen-bond donors (Lipinski definition) is 0. The highest BCUT2D eigenvalue weighted by molar-refractivity contribution is 9.10. The molecular weight excluding hydrogens is 517 g/mol. The van der Waals surface area contributed by atoms with Crippen LogP contribution in [0.3, 0.4) is 0 Å². The van der Waals surface area contributed by atoms with Gasteiger partial charge < -0.3 is 14.2 Å². The summed E-state index contributed by atoms with van der Waals surface area (Å²) in [7, 11) is 1.55. The first-order chi connectivity index (χ1) is 15.4. The molecule has 0 N–H and O–H groups in total. The Kier molecular flexibility index (Phi) is 6.84. The maximum Gasteiger partial charge on any atom is 0.363 e. The summed E-state index contributed by atoms with van der Waals surface area (Å²) < 4.78 is 17.4. The molecule has 1 aliphatic rings. The molecule has 3 aromatic rings. The van der Waals surface area contributed by atoms with Crippen molar-refractivity contribution >= 4 is 57.1 Å². The van der Waals surface area contributed by atoms with Gasteiger partial charge in [-0.2, -0.15) is 0 Å². The van der Waals surface area contributed by atoms with Crippen LogP contribution in [0.15, 0.2) is 75.8 Å². The highest BCUT2D eigenvalue weighted by Gasteiger charge is 2.24. The van der Waals surface area contributed by atoms with Crippen LogP contribution in [0.25, 0.3) is 6.08 Å². The molecule has 0 aromatic heterocycles. The fraction of sp³-hybridized carbons (Fsp3) is 0.0833. The molecule has 4 rings (SSSR count). The molecular formula is C24H16BrCl2NO4. The van der Waals surface area contributed by atoms with Crippen LogP contribution in [0.1, 0.15) is 16.7 Å². The number of benzene rings is 3. The number of rotatable bonds is 6. The summed E-state index contributed by atoms with van der Waals surface area (Å²) in [5.41, 5.74) is 2.45. The number of carbonyl (C=O) groups excluding carboxylic acids is 1. The summed E-state index contributed by atoms with van der Waals surface area (Å²) >= 11 is 15.5. The zero-order valence-electron chi connectivity index (χ0n) is 16.8. The van der Waals surface area contributed by atoms with Gasteiger partial charge in [0.1, 0.15) is 6.61 Å². The fourth-order valence-corrected chi connectivity index (χ4v) is 3.90. The minimum Gasteiger partial charge on any atom is -0.493 e. The third-order valence-corrected chi connectivity index (χ3v) is 5.62. The zero-order chi connectivity index (χ0) is 22.7. The molecule has 3 aromatic carbocycles. The molecule has 1 aliphatic heterocycles. The molecule has 0 bridgehead atoms. The van der Waals surface area contributed by atoms with Gasteiger partial charge in [0, 0.05) is 15.6 Å². The summed E-state index contributed by atoms with van der Waals surface area (Å²) in [6.45, 7) is 0.339. The average molecular weight is 533 g/mol. The molecule has 162 valence electrons. The van der Waals surface area contributed by atoms with Crippen LogP contribution in [-0.4, -0.2) is 19.0 Å². The van der Waals surface area contributed by atoms with Crippen LogP contribution in [0.4, 0.5) is 0 Å². The standard InChI is InChI=1S/C24H16BrCl2NO4/c1-30-21-11-15(9-19(25)22(21)31-13-14-5-7-17(26)8-6-14)10-20-24(29)32-23(28-20)16-3-2-4-18(27)12-16/h2-12H,13H2,1H3. The lowest BCUT2D eigenvalue weighted by molar-refractivity contribution is -0.129. The van der Waals surface area contributed by atoms with E-state index in [1.54, 1.807) is 55.7 Å². The number of halogens is 3. The Balaban J connectivity index is 1.59. The lowest BCUT2D eigenvalue weighted by atomic mass is 10.1. The van der Waals surface area contributed by atoms with Crippen LogP contribution in [0.5, 0.6) is 11.5 Å². The molecule has 32 heavy (non-hydrogen) atoms. The summed E-state index contributed by atoms with van der Waals surface area (Å²) in [6, 6.07) is 17.9. The molecule has 0 radical (unpaired) electrons. The van der Waals surface area contributed by atoms with Crippen molar-refractivity contribution in [1.29, 1.82) is 0 Å². The van der Waals surface area contributed by atoms with Crippen LogP contribution in [0.2, 0.25) is 10.0 Å². The van der Waals surface area contributed by atoms with E-state index >= 15 is 0 Å². The maximum absolute atomic E-state index is 12.3. The Bertz CT molecular complexity index is 1240. The number of methoxy groups -OCH3 is 1. The van der Waals surface area contributed by atoms with Gasteiger partial charge in [0.25, 0.3) is 0 Å². The van der Waals surface area contributed by atoms with Gasteiger partial charge in [0.05, 0.1) is 11.6 Å². The minimum atomic E-state index is -0.543. The van der Waals surface area contributed by atoms with Gasteiger partial charge in [-0.05, 0) is 75.6 Å². The summed E-state index contributed by atoms with van der Waals surface area (Å²) in [5.74, 6) is 0.711. The van der Waals surface area contributed by atoms with Crippen LogP contribution in [-0.2, 0) is 16.1 Å². The van der Waals surface area contributed by atoms with Gasteiger partial charge in [-0.25, -0.2) is 9.79 Å². The third kappa shape index (κ3) is 5.15. The lowest BCUT2D eigenvalue weighted by Crippen LogP contribution is -2.05. The van der Waals surface area contributed by atoms with Gasteiger partial charge in [-0.1, -0.05) is 41.4 Å². The van der Waals surface area contributed by atoms with Gasteiger partial charge in [0.2, 0.25) is 5.90 Å². The number of ether oxygens (including phenoxy) is 3. The quantitative estimate of drug-likeness (QED) is 0.262. The second-order valence-corrected chi connectivity index (χ2v) is 8.52. The van der Waals surface area contributed by atoms with Crippen LogP contribution < -0.4 is 9.47 Å². The van der Waals surface area contributed by atoms with E-state index in [4.69, 9.17) is 37.4 Å². The van der Waals surface area contributed by atoms with Crippen molar-refractivity contribution in [1.82, 2.24) is 0 Å². The van der Waals surface area contributed by atoms with E-state index in [0.717, 1.165) is 5.56 Å². The lowest BCUT2D eigenvalue weighted by Gasteiger charge is -2.14. The van der Waals surface area contributed by atoms with E-state index in [0.29, 0.717) is 43.8 Å². The van der Waals surface area contributed by atoms with Crippen molar-refractivity contribution in [2.24, 2.45) is 4.99 Å². The average Bonchev–Trinajstić information content (AvgIpc) is 3.14. The first-order valence-electron chi connectivity index (χ1n) is 9.46. The first-order valence-corrected chi connectivity index (χ1v) is 11.0.